The average molecular weight is 482 g/mol. The molecule has 0 aliphatic rings. The van der Waals surface area contributed by atoms with Crippen LogP contribution in [0.25, 0.3) is 27.6 Å². The smallest absolute Gasteiger partial charge is 0.268 e. The zero-order valence-corrected chi connectivity index (χ0v) is 19.9. The van der Waals surface area contributed by atoms with Crippen LogP contribution in [-0.2, 0) is 17.9 Å². The maximum Gasteiger partial charge on any atom is 0.268 e. The number of hydrogen-bond acceptors (Lipinski definition) is 5. The number of carbonyl (C=O) groups excluding carboxylic acids is 1. The van der Waals surface area contributed by atoms with Crippen LogP contribution >= 0.6 is 11.3 Å². The second kappa shape index (κ2) is 9.90. The maximum absolute atomic E-state index is 12.9. The first-order valence-corrected chi connectivity index (χ1v) is 12.0. The summed E-state index contributed by atoms with van der Waals surface area (Å²) in [5.74, 6) is 0.249. The van der Waals surface area contributed by atoms with Crippen LogP contribution in [0.1, 0.15) is 17.0 Å². The molecule has 1 N–H and O–H groups in total. The van der Waals surface area contributed by atoms with Crippen molar-refractivity contribution in [1.29, 1.82) is 0 Å². The van der Waals surface area contributed by atoms with Gasteiger partial charge in [0.25, 0.3) is 5.56 Å². The Labute approximate surface area is 206 Å². The van der Waals surface area contributed by atoms with Crippen molar-refractivity contribution in [2.24, 2.45) is 0 Å². The van der Waals surface area contributed by atoms with Gasteiger partial charge in [0, 0.05) is 30.4 Å². The Morgan fingerprint density at radius 2 is 1.83 bits per heavy atom. The molecule has 0 saturated heterocycles. The van der Waals surface area contributed by atoms with Crippen LogP contribution in [0.2, 0.25) is 0 Å². The van der Waals surface area contributed by atoms with Crippen molar-refractivity contribution in [2.75, 3.05) is 7.05 Å². The van der Waals surface area contributed by atoms with E-state index in [0.29, 0.717) is 22.6 Å². The Bertz CT molecular complexity index is 1550. The van der Waals surface area contributed by atoms with Gasteiger partial charge in [-0.1, -0.05) is 60.7 Å². The standard InChI is InChI=1S/C27H23N5O2S/c1-31(18-23-28-22-14-15-35-26(22)27(34)29-23)24(33)13-12-21-17-32(16-19-8-4-2-5-9-19)30-25(21)20-10-6-3-7-11-20/h2-15,17H,16,18H2,1H3,(H,28,29,34)/b13-12+. The van der Waals surface area contributed by atoms with E-state index in [4.69, 9.17) is 5.10 Å². The van der Waals surface area contributed by atoms with Gasteiger partial charge in [-0.15, -0.1) is 11.3 Å². The minimum Gasteiger partial charge on any atom is -0.335 e. The highest BCUT2D eigenvalue weighted by Crippen LogP contribution is 2.23. The fourth-order valence-corrected chi connectivity index (χ4v) is 4.54. The second-order valence-electron chi connectivity index (χ2n) is 8.16. The SMILES string of the molecule is CN(Cc1nc2ccsc2c(=O)[nH]1)C(=O)/C=C/c1cn(Cc2ccccc2)nc1-c1ccccc1. The lowest BCUT2D eigenvalue weighted by Gasteiger charge is -2.14. The van der Waals surface area contributed by atoms with Crippen LogP contribution in [-0.4, -0.2) is 37.6 Å². The van der Waals surface area contributed by atoms with E-state index in [1.54, 1.807) is 19.2 Å². The Balaban J connectivity index is 1.37. The molecule has 35 heavy (non-hydrogen) atoms. The molecule has 5 rings (SSSR count). The van der Waals surface area contributed by atoms with Crippen LogP contribution in [0.3, 0.4) is 0 Å². The molecule has 0 atom stereocenters. The van der Waals surface area contributed by atoms with Crippen LogP contribution in [0.4, 0.5) is 0 Å². The Morgan fingerprint density at radius 3 is 2.60 bits per heavy atom. The molecular formula is C27H23N5O2S. The van der Waals surface area contributed by atoms with Crippen molar-refractivity contribution in [2.45, 2.75) is 13.1 Å². The molecular weight excluding hydrogens is 458 g/mol. The normalized spacial score (nSPS) is 11.3. The predicted molar refractivity (Wildman–Crippen MR) is 139 cm³/mol. The average Bonchev–Trinajstić information content (AvgIpc) is 3.51. The number of thiophene rings is 1. The van der Waals surface area contributed by atoms with Crippen molar-refractivity contribution in [1.82, 2.24) is 24.6 Å². The number of nitrogens with one attached hydrogen (secondary N) is 1. The largest absolute Gasteiger partial charge is 0.335 e. The van der Waals surface area contributed by atoms with Crippen molar-refractivity contribution >= 4 is 33.5 Å². The van der Waals surface area contributed by atoms with Gasteiger partial charge < -0.3 is 9.88 Å². The number of aromatic amines is 1. The van der Waals surface area contributed by atoms with E-state index in [2.05, 4.69) is 22.1 Å². The molecule has 0 aliphatic heterocycles. The van der Waals surface area contributed by atoms with Gasteiger partial charge in [-0.3, -0.25) is 14.3 Å². The summed E-state index contributed by atoms with van der Waals surface area (Å²) >= 11 is 1.35. The van der Waals surface area contributed by atoms with Crippen LogP contribution < -0.4 is 5.56 Å². The summed E-state index contributed by atoms with van der Waals surface area (Å²) in [7, 11) is 1.68. The Kier molecular flexibility index (Phi) is 6.36. The van der Waals surface area contributed by atoms with E-state index in [9.17, 15) is 9.59 Å². The van der Waals surface area contributed by atoms with Gasteiger partial charge in [0.05, 0.1) is 24.3 Å². The van der Waals surface area contributed by atoms with Crippen LogP contribution in [0.5, 0.6) is 0 Å². The van der Waals surface area contributed by atoms with Crippen molar-refractivity contribution < 1.29 is 4.79 Å². The predicted octanol–water partition coefficient (Wildman–Crippen LogP) is 4.57. The van der Waals surface area contributed by atoms with Gasteiger partial charge >= 0.3 is 0 Å². The van der Waals surface area contributed by atoms with Crippen molar-refractivity contribution in [3.05, 3.63) is 112 Å². The van der Waals surface area contributed by atoms with E-state index in [-0.39, 0.29) is 18.0 Å². The number of amides is 1. The fourth-order valence-electron chi connectivity index (χ4n) is 3.82. The minimum atomic E-state index is -0.201. The molecule has 0 fully saturated rings. The first-order chi connectivity index (χ1) is 17.1. The number of fused-ring (bicyclic) bond motifs is 1. The summed E-state index contributed by atoms with van der Waals surface area (Å²) in [5, 5.41) is 6.62. The minimum absolute atomic E-state index is 0.185. The topological polar surface area (TPSA) is 83.9 Å². The summed E-state index contributed by atoms with van der Waals surface area (Å²) in [5.41, 5.74) is 4.23. The summed E-state index contributed by atoms with van der Waals surface area (Å²) in [4.78, 5) is 33.8. The molecule has 1 amide bonds. The molecule has 0 spiro atoms. The maximum atomic E-state index is 12.9. The van der Waals surface area contributed by atoms with Crippen molar-refractivity contribution in [3.63, 3.8) is 0 Å². The third-order valence-corrected chi connectivity index (χ3v) is 6.46. The van der Waals surface area contributed by atoms with Gasteiger partial charge in [-0.25, -0.2) is 4.98 Å². The first kappa shape index (κ1) is 22.5. The summed E-state index contributed by atoms with van der Waals surface area (Å²) in [6.45, 7) is 0.829. The lowest BCUT2D eigenvalue weighted by Crippen LogP contribution is -2.26. The van der Waals surface area contributed by atoms with E-state index >= 15 is 0 Å². The molecule has 0 radical (unpaired) electrons. The van der Waals surface area contributed by atoms with Crippen LogP contribution in [0.15, 0.2) is 89.2 Å². The van der Waals surface area contributed by atoms with E-state index in [0.717, 1.165) is 22.4 Å². The number of benzene rings is 2. The molecule has 5 aromatic rings. The molecule has 174 valence electrons. The molecule has 0 aliphatic carbocycles. The number of aromatic nitrogens is 4. The summed E-state index contributed by atoms with van der Waals surface area (Å²) in [6, 6.07) is 21.8. The lowest BCUT2D eigenvalue weighted by atomic mass is 10.1. The lowest BCUT2D eigenvalue weighted by molar-refractivity contribution is -0.125. The number of carbonyl (C=O) groups is 1. The second-order valence-corrected chi connectivity index (χ2v) is 9.07. The molecule has 0 saturated carbocycles. The third-order valence-electron chi connectivity index (χ3n) is 5.56. The Morgan fingerprint density at radius 1 is 1.09 bits per heavy atom. The zero-order valence-electron chi connectivity index (χ0n) is 19.1. The van der Waals surface area contributed by atoms with Gasteiger partial charge in [-0.05, 0) is 23.1 Å². The molecule has 2 aromatic carbocycles. The molecule has 0 unspecified atom stereocenters. The van der Waals surface area contributed by atoms with E-state index in [1.165, 1.54) is 22.3 Å². The van der Waals surface area contributed by atoms with Gasteiger partial charge in [0.1, 0.15) is 10.5 Å². The van der Waals surface area contributed by atoms with Gasteiger partial charge in [0.15, 0.2) is 0 Å². The van der Waals surface area contributed by atoms with E-state index in [1.807, 2.05) is 64.8 Å². The Hall–Kier alpha value is -4.30. The summed E-state index contributed by atoms with van der Waals surface area (Å²) < 4.78 is 2.47. The van der Waals surface area contributed by atoms with Crippen molar-refractivity contribution in [3.8, 4) is 11.3 Å². The quantitative estimate of drug-likeness (QED) is 0.345. The third kappa shape index (κ3) is 5.12. The fraction of sp³-hybridized carbons (Fsp3) is 0.111. The number of likely N-dealkylation sites (N-methyl/N-ethyl adjacent to an activating group) is 1. The highest BCUT2D eigenvalue weighted by atomic mass is 32.1. The highest BCUT2D eigenvalue weighted by molar-refractivity contribution is 7.17. The van der Waals surface area contributed by atoms with Gasteiger partial charge in [0.2, 0.25) is 5.91 Å². The number of hydrogen-bond donors (Lipinski definition) is 1. The van der Waals surface area contributed by atoms with Crippen LogP contribution in [0, 0.1) is 0 Å². The molecule has 7 nitrogen and oxygen atoms in total. The molecule has 0 bridgehead atoms. The molecule has 8 heteroatoms. The summed E-state index contributed by atoms with van der Waals surface area (Å²) in [6.07, 6.45) is 5.26. The van der Waals surface area contributed by atoms with Gasteiger partial charge in [-0.2, -0.15) is 5.10 Å². The zero-order chi connectivity index (χ0) is 24.2. The number of H-pyrrole nitrogens is 1. The first-order valence-electron chi connectivity index (χ1n) is 11.1. The van der Waals surface area contributed by atoms with E-state index < -0.39 is 0 Å². The monoisotopic (exact) mass is 481 g/mol. The number of nitrogens with zero attached hydrogens (tertiary/aromatic N) is 4. The number of rotatable bonds is 7. The highest BCUT2D eigenvalue weighted by Gasteiger charge is 2.13. The molecule has 3 aromatic heterocycles. The molecule has 3 heterocycles.